The standard InChI is InChI=1S/C18H16ClNO6/c19-13-2-3-14-11(7-13)5-6-18(14,9-21)10-26-16-4-1-12(17(22)23)8-15(16)20(24)25/h1-4,7-8,21H,5-6,9-10H2,(H,22,23). The van der Waals surface area contributed by atoms with Crippen molar-refractivity contribution in [2.24, 2.45) is 0 Å². The number of hydrogen-bond donors (Lipinski definition) is 2. The average Bonchev–Trinajstić information content (AvgIpc) is 2.97. The van der Waals surface area contributed by atoms with Crippen molar-refractivity contribution in [3.8, 4) is 5.75 Å². The predicted molar refractivity (Wildman–Crippen MR) is 94.1 cm³/mol. The number of aliphatic hydroxyl groups is 1. The molecule has 26 heavy (non-hydrogen) atoms. The van der Waals surface area contributed by atoms with E-state index >= 15 is 0 Å². The third-order valence-electron chi connectivity index (χ3n) is 4.72. The van der Waals surface area contributed by atoms with Crippen molar-refractivity contribution in [3.63, 3.8) is 0 Å². The minimum Gasteiger partial charge on any atom is -0.486 e. The summed E-state index contributed by atoms with van der Waals surface area (Å²) in [5, 5.41) is 30.8. The zero-order valence-corrected chi connectivity index (χ0v) is 14.4. The van der Waals surface area contributed by atoms with E-state index in [9.17, 15) is 20.0 Å². The van der Waals surface area contributed by atoms with Gasteiger partial charge in [0.1, 0.15) is 6.61 Å². The minimum atomic E-state index is -1.26. The van der Waals surface area contributed by atoms with E-state index in [-0.39, 0.29) is 24.5 Å². The molecule has 2 N–H and O–H groups in total. The Morgan fingerprint density at radius 2 is 2.08 bits per heavy atom. The van der Waals surface area contributed by atoms with E-state index in [1.54, 1.807) is 6.07 Å². The highest BCUT2D eigenvalue weighted by Gasteiger charge is 2.39. The molecule has 1 unspecified atom stereocenters. The number of nitro benzene ring substituents is 1. The maximum absolute atomic E-state index is 11.2. The molecule has 0 heterocycles. The highest BCUT2D eigenvalue weighted by Crippen LogP contribution is 2.41. The molecule has 0 radical (unpaired) electrons. The van der Waals surface area contributed by atoms with Crippen LogP contribution >= 0.6 is 11.6 Å². The van der Waals surface area contributed by atoms with E-state index in [4.69, 9.17) is 21.4 Å². The lowest BCUT2D eigenvalue weighted by Gasteiger charge is -2.28. The van der Waals surface area contributed by atoms with Crippen LogP contribution in [0.1, 0.15) is 27.9 Å². The number of nitro groups is 1. The van der Waals surface area contributed by atoms with Gasteiger partial charge in [0.15, 0.2) is 5.75 Å². The molecule has 0 aliphatic heterocycles. The van der Waals surface area contributed by atoms with Gasteiger partial charge in [-0.2, -0.15) is 0 Å². The molecule has 3 rings (SSSR count). The Morgan fingerprint density at radius 3 is 2.73 bits per heavy atom. The van der Waals surface area contributed by atoms with E-state index in [1.807, 2.05) is 12.1 Å². The normalized spacial score (nSPS) is 18.4. The van der Waals surface area contributed by atoms with Gasteiger partial charge in [0.2, 0.25) is 0 Å². The first-order chi connectivity index (χ1) is 12.4. The van der Waals surface area contributed by atoms with E-state index in [1.165, 1.54) is 12.1 Å². The minimum absolute atomic E-state index is 0.0322. The van der Waals surface area contributed by atoms with Gasteiger partial charge in [0.05, 0.1) is 22.5 Å². The summed E-state index contributed by atoms with van der Waals surface area (Å²) < 4.78 is 5.67. The summed E-state index contributed by atoms with van der Waals surface area (Å²) in [6, 6.07) is 8.90. The molecule has 0 amide bonds. The summed E-state index contributed by atoms with van der Waals surface area (Å²) in [6.07, 6.45) is 1.35. The monoisotopic (exact) mass is 377 g/mol. The number of nitrogens with zero attached hydrogens (tertiary/aromatic N) is 1. The van der Waals surface area contributed by atoms with Crippen LogP contribution in [0.5, 0.6) is 5.75 Å². The second-order valence-electron chi connectivity index (χ2n) is 6.27. The fourth-order valence-corrected chi connectivity index (χ4v) is 3.48. The number of rotatable bonds is 6. The first-order valence-corrected chi connectivity index (χ1v) is 8.28. The van der Waals surface area contributed by atoms with Crippen LogP contribution in [0, 0.1) is 10.1 Å². The van der Waals surface area contributed by atoms with Gasteiger partial charge < -0.3 is 14.9 Å². The van der Waals surface area contributed by atoms with Crippen LogP contribution in [0.4, 0.5) is 5.69 Å². The molecule has 0 bridgehead atoms. The summed E-state index contributed by atoms with van der Waals surface area (Å²) in [7, 11) is 0. The average molecular weight is 378 g/mol. The molecule has 1 atom stereocenters. The highest BCUT2D eigenvalue weighted by molar-refractivity contribution is 6.30. The van der Waals surface area contributed by atoms with Crippen LogP contribution in [0.25, 0.3) is 0 Å². The summed E-state index contributed by atoms with van der Waals surface area (Å²) in [6.45, 7) is -0.145. The Labute approximate surface area is 153 Å². The van der Waals surface area contributed by atoms with Gasteiger partial charge in [-0.3, -0.25) is 10.1 Å². The van der Waals surface area contributed by atoms with E-state index in [0.29, 0.717) is 11.4 Å². The summed E-state index contributed by atoms with van der Waals surface area (Å²) in [5.41, 5.74) is 0.633. The fourth-order valence-electron chi connectivity index (χ4n) is 3.29. The zero-order chi connectivity index (χ0) is 18.9. The first-order valence-electron chi connectivity index (χ1n) is 7.90. The number of aliphatic hydroxyl groups excluding tert-OH is 1. The summed E-state index contributed by atoms with van der Waals surface area (Å²) in [5.74, 6) is -1.29. The predicted octanol–water partition coefficient (Wildman–Crippen LogP) is 3.20. The third-order valence-corrected chi connectivity index (χ3v) is 4.96. The Bertz CT molecular complexity index is 884. The zero-order valence-electron chi connectivity index (χ0n) is 13.6. The maximum atomic E-state index is 11.2. The molecule has 1 aliphatic rings. The molecule has 7 nitrogen and oxygen atoms in total. The van der Waals surface area contributed by atoms with Crippen LogP contribution in [-0.2, 0) is 11.8 Å². The molecule has 0 saturated carbocycles. The molecule has 0 spiro atoms. The van der Waals surface area contributed by atoms with E-state index < -0.39 is 22.0 Å². The van der Waals surface area contributed by atoms with Crippen molar-refractivity contribution in [1.82, 2.24) is 0 Å². The van der Waals surface area contributed by atoms with Gasteiger partial charge in [0.25, 0.3) is 0 Å². The third kappa shape index (κ3) is 3.23. The number of benzene rings is 2. The largest absolute Gasteiger partial charge is 0.486 e. The van der Waals surface area contributed by atoms with Crippen LogP contribution in [0.3, 0.4) is 0 Å². The lowest BCUT2D eigenvalue weighted by molar-refractivity contribution is -0.386. The van der Waals surface area contributed by atoms with Gasteiger partial charge >= 0.3 is 11.7 Å². The van der Waals surface area contributed by atoms with E-state index in [0.717, 1.165) is 23.6 Å². The molecule has 8 heteroatoms. The Kier molecular flexibility index (Phi) is 4.84. The highest BCUT2D eigenvalue weighted by atomic mass is 35.5. The topological polar surface area (TPSA) is 110 Å². The quantitative estimate of drug-likeness (QED) is 0.590. The summed E-state index contributed by atoms with van der Waals surface area (Å²) >= 11 is 6.01. The first kappa shape index (κ1) is 18.2. The van der Waals surface area contributed by atoms with Crippen molar-refractivity contribution in [2.45, 2.75) is 18.3 Å². The van der Waals surface area contributed by atoms with Crippen molar-refractivity contribution >= 4 is 23.3 Å². The molecule has 0 saturated heterocycles. The molecule has 0 fully saturated rings. The number of aryl methyl sites for hydroxylation is 1. The number of ether oxygens (including phenoxy) is 1. The van der Waals surface area contributed by atoms with Gasteiger partial charge in [-0.1, -0.05) is 17.7 Å². The number of carboxylic acid groups (broad SMARTS) is 1. The number of carboxylic acids is 1. The number of halogens is 1. The fraction of sp³-hybridized carbons (Fsp3) is 0.278. The molecular formula is C18H16ClNO6. The molecule has 1 aliphatic carbocycles. The second kappa shape index (κ2) is 6.93. The smallest absolute Gasteiger partial charge is 0.335 e. The molecule has 0 aromatic heterocycles. The summed E-state index contributed by atoms with van der Waals surface area (Å²) in [4.78, 5) is 21.6. The van der Waals surface area contributed by atoms with Crippen LogP contribution < -0.4 is 4.74 Å². The lowest BCUT2D eigenvalue weighted by atomic mass is 9.83. The Hall–Kier alpha value is -2.64. The van der Waals surface area contributed by atoms with Crippen molar-refractivity contribution < 1.29 is 24.7 Å². The number of fused-ring (bicyclic) bond motifs is 1. The van der Waals surface area contributed by atoms with E-state index in [2.05, 4.69) is 0 Å². The van der Waals surface area contributed by atoms with Gasteiger partial charge in [-0.05, 0) is 48.2 Å². The number of aromatic carboxylic acids is 1. The molecular weight excluding hydrogens is 362 g/mol. The van der Waals surface area contributed by atoms with Gasteiger partial charge in [-0.15, -0.1) is 0 Å². The van der Waals surface area contributed by atoms with Gasteiger partial charge in [0, 0.05) is 11.1 Å². The SMILES string of the molecule is O=C(O)c1ccc(OCC2(CO)CCc3cc(Cl)ccc32)c([N+](=O)[O-])c1. The van der Waals surface area contributed by atoms with Crippen LogP contribution in [-0.4, -0.2) is 34.3 Å². The second-order valence-corrected chi connectivity index (χ2v) is 6.71. The maximum Gasteiger partial charge on any atom is 0.335 e. The van der Waals surface area contributed by atoms with Crippen molar-refractivity contribution in [2.75, 3.05) is 13.2 Å². The van der Waals surface area contributed by atoms with Crippen LogP contribution in [0.2, 0.25) is 5.02 Å². The van der Waals surface area contributed by atoms with Crippen molar-refractivity contribution in [1.29, 1.82) is 0 Å². The number of carbonyl (C=O) groups is 1. The lowest BCUT2D eigenvalue weighted by Crippen LogP contribution is -2.35. The van der Waals surface area contributed by atoms with Crippen molar-refractivity contribution in [3.05, 3.63) is 68.2 Å². The van der Waals surface area contributed by atoms with Crippen LogP contribution in [0.15, 0.2) is 36.4 Å². The van der Waals surface area contributed by atoms with Gasteiger partial charge in [-0.25, -0.2) is 4.79 Å². The Balaban J connectivity index is 1.89. The number of hydrogen-bond acceptors (Lipinski definition) is 5. The Morgan fingerprint density at radius 1 is 1.31 bits per heavy atom. The molecule has 2 aromatic rings. The molecule has 136 valence electrons. The molecule has 2 aromatic carbocycles.